The van der Waals surface area contributed by atoms with Gasteiger partial charge in [-0.1, -0.05) is 31.2 Å². The topological polar surface area (TPSA) is 35.5 Å². The minimum atomic E-state index is -0.399. The van der Waals surface area contributed by atoms with Crippen molar-refractivity contribution in [3.8, 4) is 5.75 Å². The fourth-order valence-electron chi connectivity index (χ4n) is 3.73. The number of carbonyl (C=O) groups is 1. The van der Waals surface area contributed by atoms with Gasteiger partial charge in [-0.25, -0.2) is 4.39 Å². The Kier molecular flexibility index (Phi) is 8.49. The highest BCUT2D eigenvalue weighted by Gasteiger charge is 2.26. The molecule has 0 unspecified atom stereocenters. The van der Waals surface area contributed by atoms with E-state index in [2.05, 4.69) is 18.2 Å². The minimum Gasteiger partial charge on any atom is -0.494 e. The second kappa shape index (κ2) is 11.3. The SMILES string of the molecule is CCC(C)(C)C(=O)OCCCCCOc1ccc2c(c1)CCCC(c1ccc(F)cc1)=C2. The van der Waals surface area contributed by atoms with Gasteiger partial charge >= 0.3 is 5.97 Å². The summed E-state index contributed by atoms with van der Waals surface area (Å²) in [6.45, 7) is 6.97. The lowest BCUT2D eigenvalue weighted by Gasteiger charge is -2.20. The van der Waals surface area contributed by atoms with Crippen molar-refractivity contribution in [1.82, 2.24) is 0 Å². The molecule has 1 aliphatic carbocycles. The number of carbonyl (C=O) groups excluding carboxylic acids is 1. The van der Waals surface area contributed by atoms with Gasteiger partial charge in [0.05, 0.1) is 18.6 Å². The molecule has 0 N–H and O–H groups in total. The van der Waals surface area contributed by atoms with Gasteiger partial charge < -0.3 is 9.47 Å². The zero-order valence-corrected chi connectivity index (χ0v) is 19.6. The Labute approximate surface area is 191 Å². The Bertz CT molecular complexity index is 928. The van der Waals surface area contributed by atoms with Crippen LogP contribution in [0.5, 0.6) is 5.75 Å². The molecule has 0 fully saturated rings. The van der Waals surface area contributed by atoms with Crippen molar-refractivity contribution in [1.29, 1.82) is 0 Å². The largest absolute Gasteiger partial charge is 0.494 e. The lowest BCUT2D eigenvalue weighted by atomic mass is 9.91. The van der Waals surface area contributed by atoms with Crippen LogP contribution in [0.4, 0.5) is 4.39 Å². The van der Waals surface area contributed by atoms with Gasteiger partial charge in [-0.05, 0) is 105 Å². The maximum absolute atomic E-state index is 13.2. The molecule has 3 nitrogen and oxygen atoms in total. The lowest BCUT2D eigenvalue weighted by Crippen LogP contribution is -2.26. The first-order chi connectivity index (χ1) is 15.4. The summed E-state index contributed by atoms with van der Waals surface area (Å²) in [4.78, 5) is 12.0. The Morgan fingerprint density at radius 3 is 2.50 bits per heavy atom. The molecule has 0 bridgehead atoms. The van der Waals surface area contributed by atoms with Gasteiger partial charge in [-0.3, -0.25) is 4.79 Å². The standard InChI is InChI=1S/C28H35FO3/c1-4-28(2,3)27(30)32-18-7-5-6-17-31-26-16-13-24-19-22(9-8-10-23(24)20-26)21-11-14-25(29)15-12-21/h11-16,19-20H,4-10,17-18H2,1-3H3. The van der Waals surface area contributed by atoms with Gasteiger partial charge in [0.15, 0.2) is 0 Å². The van der Waals surface area contributed by atoms with Crippen LogP contribution in [0.2, 0.25) is 0 Å². The number of hydrogen-bond acceptors (Lipinski definition) is 3. The number of ether oxygens (including phenoxy) is 2. The van der Waals surface area contributed by atoms with E-state index in [4.69, 9.17) is 9.47 Å². The molecule has 0 atom stereocenters. The van der Waals surface area contributed by atoms with Gasteiger partial charge in [0.25, 0.3) is 0 Å². The second-order valence-electron chi connectivity index (χ2n) is 9.17. The minimum absolute atomic E-state index is 0.113. The maximum Gasteiger partial charge on any atom is 0.311 e. The van der Waals surface area contributed by atoms with Crippen LogP contribution in [0.1, 0.15) is 76.0 Å². The highest BCUT2D eigenvalue weighted by molar-refractivity contribution is 5.83. The molecule has 0 saturated carbocycles. The van der Waals surface area contributed by atoms with Crippen LogP contribution in [-0.2, 0) is 16.0 Å². The highest BCUT2D eigenvalue weighted by atomic mass is 19.1. The summed E-state index contributed by atoms with van der Waals surface area (Å²) >= 11 is 0. The summed E-state index contributed by atoms with van der Waals surface area (Å²) in [6.07, 6.45) is 8.81. The number of hydrogen-bond donors (Lipinski definition) is 0. The molecular formula is C28H35FO3. The smallest absolute Gasteiger partial charge is 0.311 e. The van der Waals surface area contributed by atoms with Crippen molar-refractivity contribution in [3.63, 3.8) is 0 Å². The summed E-state index contributed by atoms with van der Waals surface area (Å²) in [5.74, 6) is 0.586. The van der Waals surface area contributed by atoms with E-state index in [0.29, 0.717) is 13.2 Å². The Morgan fingerprint density at radius 1 is 1.00 bits per heavy atom. The number of fused-ring (bicyclic) bond motifs is 1. The summed E-state index contributed by atoms with van der Waals surface area (Å²) in [5.41, 5.74) is 4.45. The van der Waals surface area contributed by atoms with Crippen LogP contribution < -0.4 is 4.74 Å². The molecule has 0 spiro atoms. The quantitative estimate of drug-likeness (QED) is 0.290. The number of esters is 1. The Hall–Kier alpha value is -2.62. The monoisotopic (exact) mass is 438 g/mol. The number of benzene rings is 2. The summed E-state index contributed by atoms with van der Waals surface area (Å²) < 4.78 is 24.6. The van der Waals surface area contributed by atoms with Crippen LogP contribution >= 0.6 is 0 Å². The molecule has 2 aromatic rings. The maximum atomic E-state index is 13.2. The van der Waals surface area contributed by atoms with Crippen LogP contribution in [0.25, 0.3) is 11.6 Å². The average Bonchev–Trinajstić information content (AvgIpc) is 3.00. The molecule has 4 heteroatoms. The van der Waals surface area contributed by atoms with Gasteiger partial charge in [-0.2, -0.15) is 0 Å². The van der Waals surface area contributed by atoms with E-state index < -0.39 is 5.41 Å². The third-order valence-electron chi connectivity index (χ3n) is 6.28. The van der Waals surface area contributed by atoms with Crippen molar-refractivity contribution in [2.45, 2.75) is 65.7 Å². The normalized spacial score (nSPS) is 13.7. The van der Waals surface area contributed by atoms with Crippen molar-refractivity contribution < 1.29 is 18.7 Å². The molecule has 0 aromatic heterocycles. The summed E-state index contributed by atoms with van der Waals surface area (Å²) in [5, 5.41) is 0. The molecular weight excluding hydrogens is 403 g/mol. The predicted molar refractivity (Wildman–Crippen MR) is 128 cm³/mol. The summed E-state index contributed by atoms with van der Waals surface area (Å²) in [6, 6.07) is 13.0. The van der Waals surface area contributed by atoms with E-state index in [-0.39, 0.29) is 11.8 Å². The molecule has 32 heavy (non-hydrogen) atoms. The van der Waals surface area contributed by atoms with E-state index in [0.717, 1.165) is 56.3 Å². The van der Waals surface area contributed by atoms with Gasteiger partial charge in [0.1, 0.15) is 11.6 Å². The molecule has 0 aliphatic heterocycles. The van der Waals surface area contributed by atoms with E-state index in [1.54, 1.807) is 0 Å². The van der Waals surface area contributed by atoms with Crippen molar-refractivity contribution in [3.05, 3.63) is 65.0 Å². The first kappa shape index (κ1) is 24.0. The van der Waals surface area contributed by atoms with Crippen molar-refractivity contribution >= 4 is 17.6 Å². The van der Waals surface area contributed by atoms with Crippen LogP contribution in [0.15, 0.2) is 42.5 Å². The molecule has 0 heterocycles. The second-order valence-corrected chi connectivity index (χ2v) is 9.17. The van der Waals surface area contributed by atoms with E-state index in [1.807, 2.05) is 39.0 Å². The predicted octanol–water partition coefficient (Wildman–Crippen LogP) is 7.23. The first-order valence-corrected chi connectivity index (χ1v) is 11.8. The molecule has 0 radical (unpaired) electrons. The third kappa shape index (κ3) is 6.69. The van der Waals surface area contributed by atoms with Gasteiger partial charge in [-0.15, -0.1) is 0 Å². The molecule has 2 aromatic carbocycles. The molecule has 0 saturated heterocycles. The lowest BCUT2D eigenvalue weighted by molar-refractivity contribution is -0.154. The van der Waals surface area contributed by atoms with Gasteiger partial charge in [0, 0.05) is 0 Å². The average molecular weight is 439 g/mol. The third-order valence-corrected chi connectivity index (χ3v) is 6.28. The van der Waals surface area contributed by atoms with Crippen molar-refractivity contribution in [2.75, 3.05) is 13.2 Å². The highest BCUT2D eigenvalue weighted by Crippen LogP contribution is 2.31. The first-order valence-electron chi connectivity index (χ1n) is 11.8. The van der Waals surface area contributed by atoms with E-state index in [1.165, 1.54) is 28.8 Å². The molecule has 1 aliphatic rings. The number of rotatable bonds is 10. The number of unbranched alkanes of at least 4 members (excludes halogenated alkanes) is 2. The van der Waals surface area contributed by atoms with E-state index >= 15 is 0 Å². The van der Waals surface area contributed by atoms with Crippen LogP contribution in [0.3, 0.4) is 0 Å². The number of halogens is 1. The molecule has 172 valence electrons. The fraction of sp³-hybridized carbons (Fsp3) is 0.464. The van der Waals surface area contributed by atoms with E-state index in [9.17, 15) is 9.18 Å². The number of allylic oxidation sites excluding steroid dienone is 1. The van der Waals surface area contributed by atoms with Gasteiger partial charge in [0.2, 0.25) is 0 Å². The van der Waals surface area contributed by atoms with Crippen molar-refractivity contribution in [2.24, 2.45) is 5.41 Å². The summed E-state index contributed by atoms with van der Waals surface area (Å²) in [7, 11) is 0. The number of aryl methyl sites for hydroxylation is 1. The van der Waals surface area contributed by atoms with Crippen LogP contribution in [0, 0.1) is 11.2 Å². The molecule has 0 amide bonds. The molecule has 3 rings (SSSR count). The Balaban J connectivity index is 1.45. The Morgan fingerprint density at radius 2 is 1.75 bits per heavy atom. The zero-order valence-electron chi connectivity index (χ0n) is 19.6. The van der Waals surface area contributed by atoms with Crippen LogP contribution in [-0.4, -0.2) is 19.2 Å². The zero-order chi connectivity index (χ0) is 23.0. The fourth-order valence-corrected chi connectivity index (χ4v) is 3.73.